The minimum atomic E-state index is 0. The lowest BCUT2D eigenvalue weighted by molar-refractivity contribution is 0.0490. The van der Waals surface area contributed by atoms with Crippen LogP contribution in [0.5, 0.6) is 0 Å². The quantitative estimate of drug-likeness (QED) is 0.832. The highest BCUT2D eigenvalue weighted by molar-refractivity contribution is 5.94. The second-order valence-electron chi connectivity index (χ2n) is 8.03. The van der Waals surface area contributed by atoms with Crippen LogP contribution in [0.3, 0.4) is 0 Å². The van der Waals surface area contributed by atoms with Crippen LogP contribution in [0.4, 0.5) is 0 Å². The molecule has 2 saturated carbocycles. The first-order chi connectivity index (χ1) is 11.8. The van der Waals surface area contributed by atoms with Crippen molar-refractivity contribution in [1.82, 2.24) is 25.3 Å². The van der Waals surface area contributed by atoms with Gasteiger partial charge in [0.25, 0.3) is 5.91 Å². The summed E-state index contributed by atoms with van der Waals surface area (Å²) in [5.41, 5.74) is 2.87. The van der Waals surface area contributed by atoms with E-state index in [-0.39, 0.29) is 18.3 Å². The standard InChI is InChI=1S/C18H27N5O.ClH/c24-18(17-14-11-19-4-3-15(14)20-21-17)23-7-5-22(6-8-23)16-10-12-1-2-13(16)9-12;/h12-13,16,19H,1-11H2,(H,20,21);1H. The number of nitrogens with one attached hydrogen (secondary N) is 2. The summed E-state index contributed by atoms with van der Waals surface area (Å²) in [4.78, 5) is 17.6. The summed E-state index contributed by atoms with van der Waals surface area (Å²) in [5.74, 6) is 2.04. The van der Waals surface area contributed by atoms with Gasteiger partial charge in [0, 0.05) is 63.0 Å². The van der Waals surface area contributed by atoms with Crippen molar-refractivity contribution in [3.63, 3.8) is 0 Å². The average Bonchev–Trinajstić information content (AvgIpc) is 3.36. The van der Waals surface area contributed by atoms with E-state index in [1.807, 2.05) is 4.90 Å². The molecule has 2 bridgehead atoms. The lowest BCUT2D eigenvalue weighted by Gasteiger charge is -2.40. The largest absolute Gasteiger partial charge is 0.335 e. The predicted octanol–water partition coefficient (Wildman–Crippen LogP) is 1.42. The first kappa shape index (κ1) is 17.3. The fraction of sp³-hybridized carbons (Fsp3) is 0.778. The van der Waals surface area contributed by atoms with Crippen molar-refractivity contribution < 1.29 is 4.79 Å². The van der Waals surface area contributed by atoms with E-state index < -0.39 is 0 Å². The predicted molar refractivity (Wildman–Crippen MR) is 98.0 cm³/mol. The molecule has 0 spiro atoms. The highest BCUT2D eigenvalue weighted by Crippen LogP contribution is 2.46. The van der Waals surface area contributed by atoms with Crippen LogP contribution in [0.1, 0.15) is 47.4 Å². The molecule has 1 amide bonds. The van der Waals surface area contributed by atoms with E-state index in [2.05, 4.69) is 20.4 Å². The Kier molecular flexibility index (Phi) is 4.77. The minimum absolute atomic E-state index is 0. The molecule has 5 rings (SSSR count). The maximum atomic E-state index is 12.9. The van der Waals surface area contributed by atoms with Crippen LogP contribution in [0.2, 0.25) is 0 Å². The Morgan fingerprint density at radius 2 is 1.96 bits per heavy atom. The topological polar surface area (TPSA) is 64.3 Å². The number of carbonyl (C=O) groups is 1. The number of fused-ring (bicyclic) bond motifs is 3. The van der Waals surface area contributed by atoms with Crippen LogP contribution in [-0.4, -0.2) is 64.7 Å². The molecule has 3 atom stereocenters. The highest BCUT2D eigenvalue weighted by atomic mass is 35.5. The van der Waals surface area contributed by atoms with E-state index in [1.54, 1.807) is 0 Å². The van der Waals surface area contributed by atoms with Crippen LogP contribution in [-0.2, 0) is 13.0 Å². The summed E-state index contributed by atoms with van der Waals surface area (Å²) in [6, 6.07) is 0.795. The number of carbonyl (C=O) groups excluding carboxylic acids is 1. The highest BCUT2D eigenvalue weighted by Gasteiger charge is 2.43. The Labute approximate surface area is 155 Å². The van der Waals surface area contributed by atoms with E-state index in [4.69, 9.17) is 0 Å². The van der Waals surface area contributed by atoms with Gasteiger partial charge in [-0.2, -0.15) is 5.10 Å². The zero-order valence-electron chi connectivity index (χ0n) is 14.7. The van der Waals surface area contributed by atoms with Gasteiger partial charge in [-0.15, -0.1) is 12.4 Å². The van der Waals surface area contributed by atoms with Crippen molar-refractivity contribution in [2.75, 3.05) is 32.7 Å². The normalized spacial score (nSPS) is 31.7. The van der Waals surface area contributed by atoms with E-state index in [9.17, 15) is 4.79 Å². The lowest BCUT2D eigenvalue weighted by atomic mass is 9.93. The third-order valence-corrected chi connectivity index (χ3v) is 6.78. The molecule has 3 heterocycles. The number of aromatic amines is 1. The number of rotatable bonds is 2. The molecule has 0 radical (unpaired) electrons. The molecule has 3 unspecified atom stereocenters. The third-order valence-electron chi connectivity index (χ3n) is 6.78. The number of nitrogens with zero attached hydrogens (tertiary/aromatic N) is 3. The van der Waals surface area contributed by atoms with Crippen molar-refractivity contribution in [1.29, 1.82) is 0 Å². The maximum Gasteiger partial charge on any atom is 0.274 e. The summed E-state index contributed by atoms with van der Waals surface area (Å²) >= 11 is 0. The van der Waals surface area contributed by atoms with Crippen molar-refractivity contribution >= 4 is 18.3 Å². The van der Waals surface area contributed by atoms with Gasteiger partial charge in [0.1, 0.15) is 0 Å². The Morgan fingerprint density at radius 3 is 2.68 bits per heavy atom. The van der Waals surface area contributed by atoms with Crippen molar-refractivity contribution in [2.24, 2.45) is 11.8 Å². The van der Waals surface area contributed by atoms with Crippen molar-refractivity contribution in [2.45, 2.75) is 44.7 Å². The fourth-order valence-electron chi connectivity index (χ4n) is 5.47. The van der Waals surface area contributed by atoms with E-state index in [0.717, 1.165) is 74.8 Å². The molecule has 2 aliphatic carbocycles. The second-order valence-corrected chi connectivity index (χ2v) is 8.03. The van der Waals surface area contributed by atoms with Crippen LogP contribution in [0.25, 0.3) is 0 Å². The molecule has 0 aromatic carbocycles. The fourth-order valence-corrected chi connectivity index (χ4v) is 5.47. The second kappa shape index (κ2) is 6.89. The molecule has 1 aromatic heterocycles. The molecule has 2 aliphatic heterocycles. The molecule has 6 nitrogen and oxygen atoms in total. The van der Waals surface area contributed by atoms with Gasteiger partial charge in [-0.3, -0.25) is 14.8 Å². The lowest BCUT2D eigenvalue weighted by Crippen LogP contribution is -2.53. The zero-order valence-corrected chi connectivity index (χ0v) is 15.5. The molecule has 3 fully saturated rings. The van der Waals surface area contributed by atoms with Crippen LogP contribution < -0.4 is 5.32 Å². The molecule has 7 heteroatoms. The first-order valence-electron chi connectivity index (χ1n) is 9.60. The van der Waals surface area contributed by atoms with Gasteiger partial charge < -0.3 is 10.2 Å². The SMILES string of the molecule is Cl.O=C(c1n[nH]c2c1CNCC2)N1CCN(C2CC3CCC2C3)CC1. The molecule has 2 N–H and O–H groups in total. The number of halogens is 1. The van der Waals surface area contributed by atoms with Gasteiger partial charge in [0.05, 0.1) is 0 Å². The summed E-state index contributed by atoms with van der Waals surface area (Å²) in [5, 5.41) is 10.7. The molecular formula is C18H28ClN5O. The van der Waals surface area contributed by atoms with Gasteiger partial charge in [0.2, 0.25) is 0 Å². The Morgan fingerprint density at radius 1 is 1.12 bits per heavy atom. The van der Waals surface area contributed by atoms with Crippen LogP contribution in [0, 0.1) is 11.8 Å². The molecule has 138 valence electrons. The van der Waals surface area contributed by atoms with E-state index in [0.29, 0.717) is 5.69 Å². The number of H-pyrrole nitrogens is 1. The molecular weight excluding hydrogens is 338 g/mol. The van der Waals surface area contributed by atoms with Crippen molar-refractivity contribution in [3.05, 3.63) is 17.0 Å². The van der Waals surface area contributed by atoms with E-state index >= 15 is 0 Å². The van der Waals surface area contributed by atoms with Gasteiger partial charge >= 0.3 is 0 Å². The van der Waals surface area contributed by atoms with Gasteiger partial charge in [-0.05, 0) is 31.1 Å². The number of amides is 1. The van der Waals surface area contributed by atoms with Crippen LogP contribution >= 0.6 is 12.4 Å². The summed E-state index contributed by atoms with van der Waals surface area (Å²) < 4.78 is 0. The van der Waals surface area contributed by atoms with Gasteiger partial charge in [-0.25, -0.2) is 0 Å². The zero-order chi connectivity index (χ0) is 16.1. The van der Waals surface area contributed by atoms with Crippen LogP contribution in [0.15, 0.2) is 0 Å². The first-order valence-corrected chi connectivity index (χ1v) is 9.60. The summed E-state index contributed by atoms with van der Waals surface area (Å²) in [6.07, 6.45) is 6.68. The smallest absolute Gasteiger partial charge is 0.274 e. The Hall–Kier alpha value is -1.11. The Bertz CT molecular complexity index is 639. The van der Waals surface area contributed by atoms with Gasteiger partial charge in [-0.1, -0.05) is 6.42 Å². The number of piperazine rings is 1. The summed E-state index contributed by atoms with van der Waals surface area (Å²) in [6.45, 7) is 5.49. The number of hydrogen-bond donors (Lipinski definition) is 2. The number of aromatic nitrogens is 2. The molecule has 1 aromatic rings. The number of hydrogen-bond acceptors (Lipinski definition) is 4. The molecule has 25 heavy (non-hydrogen) atoms. The average molecular weight is 366 g/mol. The van der Waals surface area contributed by atoms with Crippen molar-refractivity contribution in [3.8, 4) is 0 Å². The van der Waals surface area contributed by atoms with E-state index in [1.165, 1.54) is 25.7 Å². The maximum absolute atomic E-state index is 12.9. The Balaban J connectivity index is 0.00000157. The molecule has 4 aliphatic rings. The monoisotopic (exact) mass is 365 g/mol. The van der Waals surface area contributed by atoms with Gasteiger partial charge in [0.15, 0.2) is 5.69 Å². The summed E-state index contributed by atoms with van der Waals surface area (Å²) in [7, 11) is 0. The molecule has 1 saturated heterocycles. The minimum Gasteiger partial charge on any atom is -0.335 e. The third kappa shape index (κ3) is 2.98.